The zero-order valence-corrected chi connectivity index (χ0v) is 12.2. The molecule has 1 fully saturated rings. The van der Waals surface area contributed by atoms with Crippen LogP contribution in [0.2, 0.25) is 0 Å². The molecule has 0 spiro atoms. The van der Waals surface area contributed by atoms with Crippen LogP contribution in [0.1, 0.15) is 47.0 Å². The predicted octanol–water partition coefficient (Wildman–Crippen LogP) is 2.59. The van der Waals surface area contributed by atoms with Crippen molar-refractivity contribution in [3.05, 3.63) is 0 Å². The minimum Gasteiger partial charge on any atom is -0.465 e. The quantitative estimate of drug-likeness (QED) is 0.680. The number of thioether (sulfide) groups is 1. The van der Waals surface area contributed by atoms with Gasteiger partial charge in [0, 0.05) is 17.0 Å². The van der Waals surface area contributed by atoms with Gasteiger partial charge in [0.15, 0.2) is 0 Å². The molecular weight excluding hydrogens is 234 g/mol. The van der Waals surface area contributed by atoms with Gasteiger partial charge in [-0.2, -0.15) is 11.8 Å². The summed E-state index contributed by atoms with van der Waals surface area (Å²) in [6.45, 7) is 8.66. The van der Waals surface area contributed by atoms with Gasteiger partial charge in [0.05, 0.1) is 6.61 Å². The van der Waals surface area contributed by atoms with Crippen LogP contribution < -0.4 is 5.32 Å². The van der Waals surface area contributed by atoms with Crippen molar-refractivity contribution in [2.45, 2.75) is 63.8 Å². The first kappa shape index (κ1) is 14.8. The molecule has 0 radical (unpaired) electrons. The van der Waals surface area contributed by atoms with Crippen molar-refractivity contribution in [1.29, 1.82) is 0 Å². The number of nitrogens with one attached hydrogen (secondary N) is 1. The molecule has 0 aromatic carbocycles. The fourth-order valence-electron chi connectivity index (χ4n) is 1.55. The Balaban J connectivity index is 2.53. The van der Waals surface area contributed by atoms with Crippen LogP contribution in [0.25, 0.3) is 0 Å². The first-order valence-electron chi connectivity index (χ1n) is 6.58. The Bertz CT molecular complexity index is 256. The second kappa shape index (κ2) is 6.64. The molecule has 100 valence electrons. The highest BCUT2D eigenvalue weighted by atomic mass is 32.2. The summed E-state index contributed by atoms with van der Waals surface area (Å²) < 4.78 is 5.19. The third-order valence-electron chi connectivity index (χ3n) is 3.06. The van der Waals surface area contributed by atoms with Crippen molar-refractivity contribution in [3.8, 4) is 0 Å². The molecule has 2 atom stereocenters. The molecule has 0 aliphatic heterocycles. The van der Waals surface area contributed by atoms with Crippen LogP contribution in [0.4, 0.5) is 0 Å². The second-order valence-corrected chi connectivity index (χ2v) is 6.43. The van der Waals surface area contributed by atoms with Gasteiger partial charge >= 0.3 is 5.97 Å². The summed E-state index contributed by atoms with van der Waals surface area (Å²) in [6.07, 6.45) is 3.50. The smallest absolute Gasteiger partial charge is 0.326 e. The van der Waals surface area contributed by atoms with Gasteiger partial charge in [-0.1, -0.05) is 13.8 Å². The Morgan fingerprint density at radius 3 is 2.65 bits per heavy atom. The maximum Gasteiger partial charge on any atom is 0.326 e. The van der Waals surface area contributed by atoms with E-state index >= 15 is 0 Å². The normalized spacial score (nSPS) is 20.7. The van der Waals surface area contributed by atoms with Crippen molar-refractivity contribution in [2.75, 3.05) is 12.4 Å². The first-order chi connectivity index (χ1) is 8.01. The molecule has 0 amide bonds. The van der Waals surface area contributed by atoms with Crippen molar-refractivity contribution in [3.63, 3.8) is 0 Å². The monoisotopic (exact) mass is 259 g/mol. The van der Waals surface area contributed by atoms with Gasteiger partial charge in [0.2, 0.25) is 0 Å². The van der Waals surface area contributed by atoms with Crippen LogP contribution >= 0.6 is 11.8 Å². The third kappa shape index (κ3) is 4.88. The lowest BCUT2D eigenvalue weighted by Gasteiger charge is -2.29. The number of hydrogen-bond acceptors (Lipinski definition) is 4. The van der Waals surface area contributed by atoms with Crippen molar-refractivity contribution in [1.82, 2.24) is 5.32 Å². The minimum atomic E-state index is -0.523. The van der Waals surface area contributed by atoms with E-state index in [4.69, 9.17) is 4.74 Å². The summed E-state index contributed by atoms with van der Waals surface area (Å²) in [5, 5.41) is 4.02. The van der Waals surface area contributed by atoms with E-state index in [-0.39, 0.29) is 5.97 Å². The molecule has 4 heteroatoms. The van der Waals surface area contributed by atoms with Crippen molar-refractivity contribution < 1.29 is 9.53 Å². The van der Waals surface area contributed by atoms with E-state index in [0.29, 0.717) is 17.9 Å². The largest absolute Gasteiger partial charge is 0.465 e. The van der Waals surface area contributed by atoms with Crippen molar-refractivity contribution >= 4 is 17.7 Å². The number of hydrogen-bond donors (Lipinski definition) is 1. The van der Waals surface area contributed by atoms with Crippen LogP contribution in [0, 0.1) is 0 Å². The fourth-order valence-corrected chi connectivity index (χ4v) is 2.61. The molecule has 0 bridgehead atoms. The van der Waals surface area contributed by atoms with Crippen LogP contribution in [0.3, 0.4) is 0 Å². The third-order valence-corrected chi connectivity index (χ3v) is 4.70. The second-order valence-electron chi connectivity index (χ2n) is 5.00. The summed E-state index contributed by atoms with van der Waals surface area (Å²) in [5.41, 5.74) is -0.523. The average molecular weight is 259 g/mol. The van der Waals surface area contributed by atoms with E-state index < -0.39 is 5.54 Å². The van der Waals surface area contributed by atoms with Gasteiger partial charge in [-0.05, 0) is 33.1 Å². The van der Waals surface area contributed by atoms with Crippen LogP contribution in [0.5, 0.6) is 0 Å². The number of ether oxygens (including phenoxy) is 1. The number of rotatable bonds is 8. The van der Waals surface area contributed by atoms with Gasteiger partial charge < -0.3 is 4.74 Å². The molecule has 2 unspecified atom stereocenters. The maximum absolute atomic E-state index is 12.0. The Labute approximate surface area is 109 Å². The maximum atomic E-state index is 12.0. The summed E-state index contributed by atoms with van der Waals surface area (Å²) in [7, 11) is 0. The molecular formula is C13H25NO2S. The topological polar surface area (TPSA) is 38.3 Å². The predicted molar refractivity (Wildman–Crippen MR) is 73.4 cm³/mol. The Morgan fingerprint density at radius 2 is 2.18 bits per heavy atom. The Kier molecular flexibility index (Phi) is 5.80. The lowest BCUT2D eigenvalue weighted by molar-refractivity contribution is -0.149. The zero-order chi connectivity index (χ0) is 12.9. The number of esters is 1. The molecule has 1 aliphatic rings. The summed E-state index contributed by atoms with van der Waals surface area (Å²) >= 11 is 1.84. The number of carbonyl (C=O) groups excluding carboxylic acids is 1. The lowest BCUT2D eigenvalue weighted by atomic mass is 10.1. The van der Waals surface area contributed by atoms with Gasteiger partial charge in [-0.25, -0.2) is 0 Å². The van der Waals surface area contributed by atoms with E-state index in [1.54, 1.807) is 0 Å². The molecule has 0 aromatic rings. The summed E-state index contributed by atoms with van der Waals surface area (Å²) in [5.74, 6) is 0.680. The molecule has 0 aromatic heterocycles. The highest BCUT2D eigenvalue weighted by Gasteiger charge is 2.39. The standard InChI is InChI=1S/C13H25NO2S/c1-5-10(3)17-9-13(4,12(15)16-6-2)14-11-7-8-11/h10-11,14H,5-9H2,1-4H3. The summed E-state index contributed by atoms with van der Waals surface area (Å²) in [6, 6.07) is 0.516. The molecule has 0 heterocycles. The van der Waals surface area contributed by atoms with Gasteiger partial charge in [0.25, 0.3) is 0 Å². The van der Waals surface area contributed by atoms with Crippen LogP contribution in [-0.2, 0) is 9.53 Å². The molecule has 1 rings (SSSR count). The van der Waals surface area contributed by atoms with Gasteiger partial charge in [-0.3, -0.25) is 10.1 Å². The first-order valence-corrected chi connectivity index (χ1v) is 7.63. The number of carbonyl (C=O) groups is 1. The molecule has 17 heavy (non-hydrogen) atoms. The molecule has 1 N–H and O–H groups in total. The van der Waals surface area contributed by atoms with E-state index in [0.717, 1.165) is 12.2 Å². The molecule has 3 nitrogen and oxygen atoms in total. The van der Waals surface area contributed by atoms with E-state index in [9.17, 15) is 4.79 Å². The Hall–Kier alpha value is -0.220. The fraction of sp³-hybridized carbons (Fsp3) is 0.923. The Morgan fingerprint density at radius 1 is 1.53 bits per heavy atom. The molecule has 1 saturated carbocycles. The molecule has 1 aliphatic carbocycles. The van der Waals surface area contributed by atoms with Crippen LogP contribution in [-0.4, -0.2) is 35.2 Å². The minimum absolute atomic E-state index is 0.109. The molecule has 0 saturated heterocycles. The summed E-state index contributed by atoms with van der Waals surface area (Å²) in [4.78, 5) is 12.0. The van der Waals surface area contributed by atoms with E-state index in [1.165, 1.54) is 12.8 Å². The lowest BCUT2D eigenvalue weighted by Crippen LogP contribution is -2.53. The van der Waals surface area contributed by atoms with Gasteiger partial charge in [-0.15, -0.1) is 0 Å². The van der Waals surface area contributed by atoms with Crippen molar-refractivity contribution in [2.24, 2.45) is 0 Å². The van der Waals surface area contributed by atoms with E-state index in [2.05, 4.69) is 19.2 Å². The average Bonchev–Trinajstić information content (AvgIpc) is 3.10. The van der Waals surface area contributed by atoms with Crippen LogP contribution in [0.15, 0.2) is 0 Å². The van der Waals surface area contributed by atoms with Gasteiger partial charge in [0.1, 0.15) is 5.54 Å². The SMILES string of the molecule is CCOC(=O)C(C)(CSC(C)CC)NC1CC1. The zero-order valence-electron chi connectivity index (χ0n) is 11.4. The highest BCUT2D eigenvalue weighted by molar-refractivity contribution is 7.99. The highest BCUT2D eigenvalue weighted by Crippen LogP contribution is 2.27. The van der Waals surface area contributed by atoms with E-state index in [1.807, 2.05) is 25.6 Å².